The van der Waals surface area contributed by atoms with Crippen LogP contribution in [0.1, 0.15) is 24.6 Å². The highest BCUT2D eigenvalue weighted by Gasteiger charge is 2.13. The van der Waals surface area contributed by atoms with E-state index >= 15 is 0 Å². The minimum Gasteiger partial charge on any atom is -0.459 e. The van der Waals surface area contributed by atoms with Crippen molar-refractivity contribution >= 4 is 17.3 Å². The van der Waals surface area contributed by atoms with E-state index in [-0.39, 0.29) is 5.97 Å². The van der Waals surface area contributed by atoms with Crippen LogP contribution in [-0.4, -0.2) is 12.0 Å². The summed E-state index contributed by atoms with van der Waals surface area (Å²) in [6.45, 7) is 2.33. The van der Waals surface area contributed by atoms with Gasteiger partial charge in [-0.25, -0.2) is 0 Å². The molecule has 1 unspecified atom stereocenters. The van der Waals surface area contributed by atoms with Crippen molar-refractivity contribution in [2.24, 2.45) is 5.73 Å². The number of carbonyl (C=O) groups is 1. The predicted molar refractivity (Wildman–Crippen MR) is 57.0 cm³/mol. The van der Waals surface area contributed by atoms with Crippen LogP contribution in [0.5, 0.6) is 0 Å². The van der Waals surface area contributed by atoms with E-state index in [2.05, 4.69) is 0 Å². The predicted octanol–water partition coefficient (Wildman–Crippen LogP) is 1.92. The largest absolute Gasteiger partial charge is 0.459 e. The monoisotopic (exact) mass is 213 g/mol. The Hall–Kier alpha value is -0.870. The Morgan fingerprint density at radius 2 is 2.50 bits per heavy atom. The molecule has 1 aromatic heterocycles. The van der Waals surface area contributed by atoms with Gasteiger partial charge in [0.2, 0.25) is 0 Å². The van der Waals surface area contributed by atoms with Crippen LogP contribution in [0.2, 0.25) is 0 Å². The number of hydrogen-bond acceptors (Lipinski definition) is 4. The molecule has 0 aliphatic heterocycles. The highest BCUT2D eigenvalue weighted by Crippen LogP contribution is 2.10. The zero-order valence-electron chi connectivity index (χ0n) is 8.23. The van der Waals surface area contributed by atoms with Gasteiger partial charge in [-0.05, 0) is 17.9 Å². The molecule has 0 saturated carbocycles. The molecule has 0 saturated heterocycles. The number of hydrogen-bond donors (Lipinski definition) is 1. The molecule has 0 aliphatic carbocycles. The lowest BCUT2D eigenvalue weighted by Gasteiger charge is -2.09. The summed E-state index contributed by atoms with van der Waals surface area (Å²) in [5.41, 5.74) is 5.60. The Morgan fingerprint density at radius 1 is 1.71 bits per heavy atom. The van der Waals surface area contributed by atoms with Gasteiger partial charge in [0.1, 0.15) is 12.6 Å². The summed E-state index contributed by atoms with van der Waals surface area (Å²) in [5.74, 6) is -0.305. The van der Waals surface area contributed by atoms with Crippen LogP contribution in [-0.2, 0) is 16.1 Å². The van der Waals surface area contributed by atoms with E-state index in [9.17, 15) is 4.79 Å². The Kier molecular flexibility index (Phi) is 4.62. The van der Waals surface area contributed by atoms with Gasteiger partial charge in [-0.15, -0.1) is 11.3 Å². The molecule has 0 aromatic carbocycles. The maximum Gasteiger partial charge on any atom is 0.323 e. The van der Waals surface area contributed by atoms with Crippen molar-refractivity contribution in [3.05, 3.63) is 22.4 Å². The van der Waals surface area contributed by atoms with Crippen LogP contribution in [0.3, 0.4) is 0 Å². The fraction of sp³-hybridized carbons (Fsp3) is 0.500. The van der Waals surface area contributed by atoms with E-state index in [1.165, 1.54) is 0 Å². The van der Waals surface area contributed by atoms with Gasteiger partial charge < -0.3 is 10.5 Å². The third kappa shape index (κ3) is 3.47. The molecule has 4 heteroatoms. The van der Waals surface area contributed by atoms with Crippen molar-refractivity contribution in [1.29, 1.82) is 0 Å². The van der Waals surface area contributed by atoms with Crippen LogP contribution in [0.25, 0.3) is 0 Å². The van der Waals surface area contributed by atoms with Gasteiger partial charge in [0.25, 0.3) is 0 Å². The molecule has 2 N–H and O–H groups in total. The van der Waals surface area contributed by atoms with Gasteiger partial charge in [-0.2, -0.15) is 0 Å². The molecule has 78 valence electrons. The lowest BCUT2D eigenvalue weighted by Crippen LogP contribution is -2.31. The minimum absolute atomic E-state index is 0.305. The van der Waals surface area contributed by atoms with E-state index in [4.69, 9.17) is 10.5 Å². The molecular formula is C10H15NO2S. The molecule has 0 aliphatic rings. The summed E-state index contributed by atoms with van der Waals surface area (Å²) in [6, 6.07) is 3.39. The molecular weight excluding hydrogens is 198 g/mol. The van der Waals surface area contributed by atoms with Crippen LogP contribution in [0.4, 0.5) is 0 Å². The Labute approximate surface area is 87.9 Å². The van der Waals surface area contributed by atoms with Gasteiger partial charge in [-0.3, -0.25) is 4.79 Å². The Morgan fingerprint density at radius 3 is 3.07 bits per heavy atom. The number of ether oxygens (including phenoxy) is 1. The molecule has 1 aromatic rings. The van der Waals surface area contributed by atoms with E-state index in [0.717, 1.165) is 11.3 Å². The molecule has 1 atom stereocenters. The second kappa shape index (κ2) is 5.78. The first-order valence-electron chi connectivity index (χ1n) is 4.68. The summed E-state index contributed by atoms with van der Waals surface area (Å²) in [4.78, 5) is 12.3. The molecule has 0 fully saturated rings. The highest BCUT2D eigenvalue weighted by molar-refractivity contribution is 7.09. The first-order chi connectivity index (χ1) is 6.74. The molecule has 14 heavy (non-hydrogen) atoms. The topological polar surface area (TPSA) is 52.3 Å². The Balaban J connectivity index is 2.27. The second-order valence-electron chi connectivity index (χ2n) is 3.08. The summed E-state index contributed by atoms with van der Waals surface area (Å²) in [5, 5.41) is 1.95. The number of esters is 1. The fourth-order valence-electron chi connectivity index (χ4n) is 1.07. The zero-order chi connectivity index (χ0) is 10.4. The van der Waals surface area contributed by atoms with E-state index in [0.29, 0.717) is 13.0 Å². The lowest BCUT2D eigenvalue weighted by atomic mass is 10.2. The van der Waals surface area contributed by atoms with Crippen molar-refractivity contribution in [1.82, 2.24) is 0 Å². The first-order valence-corrected chi connectivity index (χ1v) is 5.56. The van der Waals surface area contributed by atoms with E-state index in [1.807, 2.05) is 24.4 Å². The molecule has 3 nitrogen and oxygen atoms in total. The third-order valence-corrected chi connectivity index (χ3v) is 2.69. The SMILES string of the molecule is CCCC(N)C(=O)OCc1cccs1. The molecule has 1 rings (SSSR count). The van der Waals surface area contributed by atoms with Gasteiger partial charge in [0.05, 0.1) is 0 Å². The van der Waals surface area contributed by atoms with Crippen molar-refractivity contribution in [2.75, 3.05) is 0 Å². The summed E-state index contributed by atoms with van der Waals surface area (Å²) < 4.78 is 5.05. The van der Waals surface area contributed by atoms with Gasteiger partial charge in [-0.1, -0.05) is 19.4 Å². The van der Waals surface area contributed by atoms with E-state index in [1.54, 1.807) is 11.3 Å². The summed E-state index contributed by atoms with van der Waals surface area (Å²) >= 11 is 1.57. The Bertz CT molecular complexity index is 272. The normalized spacial score (nSPS) is 12.4. The smallest absolute Gasteiger partial charge is 0.323 e. The number of thiophene rings is 1. The van der Waals surface area contributed by atoms with Crippen LogP contribution in [0.15, 0.2) is 17.5 Å². The van der Waals surface area contributed by atoms with Crippen LogP contribution < -0.4 is 5.73 Å². The van der Waals surface area contributed by atoms with Crippen molar-refractivity contribution in [2.45, 2.75) is 32.4 Å². The van der Waals surface area contributed by atoms with Gasteiger partial charge >= 0.3 is 5.97 Å². The highest BCUT2D eigenvalue weighted by atomic mass is 32.1. The van der Waals surface area contributed by atoms with Crippen molar-refractivity contribution in [3.8, 4) is 0 Å². The van der Waals surface area contributed by atoms with Crippen molar-refractivity contribution in [3.63, 3.8) is 0 Å². The standard InChI is InChI=1S/C10H15NO2S/c1-2-4-9(11)10(12)13-7-8-5-3-6-14-8/h3,5-6,9H,2,4,7,11H2,1H3. The summed E-state index contributed by atoms with van der Waals surface area (Å²) in [6.07, 6.45) is 1.58. The third-order valence-electron chi connectivity index (χ3n) is 1.84. The molecule has 0 amide bonds. The lowest BCUT2D eigenvalue weighted by molar-refractivity contribution is -0.146. The van der Waals surface area contributed by atoms with Gasteiger partial charge in [0.15, 0.2) is 0 Å². The fourth-order valence-corrected chi connectivity index (χ4v) is 1.69. The maximum atomic E-state index is 11.3. The number of rotatable bonds is 5. The van der Waals surface area contributed by atoms with E-state index < -0.39 is 6.04 Å². The van der Waals surface area contributed by atoms with Crippen molar-refractivity contribution < 1.29 is 9.53 Å². The second-order valence-corrected chi connectivity index (χ2v) is 4.11. The number of nitrogens with two attached hydrogens (primary N) is 1. The zero-order valence-corrected chi connectivity index (χ0v) is 9.05. The minimum atomic E-state index is -0.472. The first kappa shape index (κ1) is 11.2. The average Bonchev–Trinajstić information content (AvgIpc) is 2.67. The van der Waals surface area contributed by atoms with Gasteiger partial charge in [0, 0.05) is 4.88 Å². The molecule has 0 radical (unpaired) electrons. The van der Waals surface area contributed by atoms with Crippen LogP contribution in [0, 0.1) is 0 Å². The summed E-state index contributed by atoms with van der Waals surface area (Å²) in [7, 11) is 0. The molecule has 0 bridgehead atoms. The quantitative estimate of drug-likeness (QED) is 0.760. The number of carbonyl (C=O) groups excluding carboxylic acids is 1. The van der Waals surface area contributed by atoms with Crippen LogP contribution >= 0.6 is 11.3 Å². The molecule has 0 spiro atoms. The average molecular weight is 213 g/mol. The molecule has 1 heterocycles. The maximum absolute atomic E-state index is 11.3.